The Balaban J connectivity index is 0.000000155. The number of benzene rings is 6. The van der Waals surface area contributed by atoms with Crippen LogP contribution in [0.2, 0.25) is 10.0 Å². The molecule has 4 heterocycles. The molecule has 0 amide bonds. The topological polar surface area (TPSA) is 152 Å². The van der Waals surface area contributed by atoms with Gasteiger partial charge in [0.25, 0.3) is 20.0 Å². The van der Waals surface area contributed by atoms with Gasteiger partial charge in [-0.1, -0.05) is 118 Å². The summed E-state index contributed by atoms with van der Waals surface area (Å²) >= 11 is 15.7. The summed E-state index contributed by atoms with van der Waals surface area (Å²) in [7, 11) is -3.75. The van der Waals surface area contributed by atoms with Crippen molar-refractivity contribution in [3.05, 3.63) is 208 Å². The van der Waals surface area contributed by atoms with E-state index >= 15 is 0 Å². The highest BCUT2D eigenvalue weighted by Gasteiger charge is 2.26. The van der Waals surface area contributed by atoms with Gasteiger partial charge in [-0.15, -0.1) is 0 Å². The van der Waals surface area contributed by atoms with E-state index in [-0.39, 0.29) is 9.79 Å². The van der Waals surface area contributed by atoms with E-state index in [0.717, 1.165) is 43.4 Å². The molecule has 0 aliphatic rings. The van der Waals surface area contributed by atoms with Crippen LogP contribution in [0.25, 0.3) is 62.1 Å². The predicted octanol–water partition coefficient (Wildman–Crippen LogP) is 12.3. The molecule has 0 bridgehead atoms. The van der Waals surface area contributed by atoms with E-state index in [9.17, 15) is 16.8 Å². The van der Waals surface area contributed by atoms with Crippen molar-refractivity contribution < 1.29 is 36.0 Å². The number of halogens is 3. The van der Waals surface area contributed by atoms with E-state index in [1.54, 1.807) is 111 Å². The van der Waals surface area contributed by atoms with Gasteiger partial charge in [-0.2, -0.15) is 0 Å². The summed E-state index contributed by atoms with van der Waals surface area (Å²) in [6.45, 7) is 0. The second-order valence-electron chi connectivity index (χ2n) is 15.1. The lowest BCUT2D eigenvalue weighted by Crippen LogP contribution is -2.13. The summed E-state index contributed by atoms with van der Waals surface area (Å²) in [6.07, 6.45) is 10.0. The molecule has 10 rings (SSSR count). The molecule has 0 aliphatic carbocycles. The number of pyridine rings is 2. The van der Waals surface area contributed by atoms with Crippen LogP contribution >= 0.6 is 39.1 Å². The van der Waals surface area contributed by atoms with Crippen LogP contribution in [0.4, 0.5) is 0 Å². The van der Waals surface area contributed by atoms with Crippen LogP contribution < -0.4 is 9.47 Å². The number of hydrogen-bond acceptors (Lipinski definition) is 10. The first-order chi connectivity index (χ1) is 33.8. The van der Waals surface area contributed by atoms with Gasteiger partial charge in [-0.05, 0) is 114 Å². The number of nitrogens with zero attached hydrogens (tertiary/aromatic N) is 4. The van der Waals surface area contributed by atoms with Crippen molar-refractivity contribution in [3.63, 3.8) is 0 Å². The highest BCUT2D eigenvalue weighted by atomic mass is 79.9. The third-order valence-electron chi connectivity index (χ3n) is 10.7. The monoisotopic (exact) mass is 1070 g/mol. The third-order valence-corrected chi connectivity index (χ3v) is 15.1. The summed E-state index contributed by atoms with van der Waals surface area (Å²) in [5.74, 6) is 1.61. The lowest BCUT2D eigenvalue weighted by atomic mass is 10.1. The third kappa shape index (κ3) is 10.8. The highest BCUT2D eigenvalue weighted by molar-refractivity contribution is 9.10. The molecular weight excluding hydrogens is 1030 g/mol. The van der Waals surface area contributed by atoms with Crippen LogP contribution in [0, 0.1) is 0 Å². The van der Waals surface area contributed by atoms with Crippen molar-refractivity contribution >= 4 is 129 Å². The smallest absolute Gasteiger partial charge is 0.543 e. The molecule has 0 spiro atoms. The molecule has 0 atom stereocenters. The van der Waals surface area contributed by atoms with Gasteiger partial charge in [0.1, 0.15) is 11.5 Å². The number of hydrogen-bond donors (Lipinski definition) is 1. The van der Waals surface area contributed by atoms with E-state index < -0.39 is 20.0 Å². The molecule has 0 unspecified atom stereocenters. The quantitative estimate of drug-likeness (QED) is 0.0753. The fourth-order valence-electron chi connectivity index (χ4n) is 7.42. The Morgan fingerprint density at radius 2 is 0.971 bits per heavy atom. The van der Waals surface area contributed by atoms with Crippen LogP contribution in [-0.2, 0) is 24.7 Å². The van der Waals surface area contributed by atoms with Gasteiger partial charge in [0.15, 0.2) is 11.3 Å². The average molecular weight is 1070 g/mol. The largest absolute Gasteiger partial charge is 0.569 e. The number of methoxy groups -OCH3 is 2. The summed E-state index contributed by atoms with van der Waals surface area (Å²) < 4.78 is 71.5. The molecule has 0 fully saturated rings. The normalized spacial score (nSPS) is 11.7. The molecule has 70 heavy (non-hydrogen) atoms. The Hall–Kier alpha value is -6.92. The van der Waals surface area contributed by atoms with Gasteiger partial charge in [0.2, 0.25) is 0 Å². The van der Waals surface area contributed by atoms with Crippen molar-refractivity contribution in [1.29, 1.82) is 0 Å². The first-order valence-electron chi connectivity index (χ1n) is 21.0. The zero-order chi connectivity index (χ0) is 49.4. The van der Waals surface area contributed by atoms with Gasteiger partial charge in [0.05, 0.1) is 51.4 Å². The van der Waals surface area contributed by atoms with Gasteiger partial charge >= 0.3 is 7.69 Å². The van der Waals surface area contributed by atoms with Crippen LogP contribution in [-0.4, -0.2) is 61.7 Å². The SMILES string of the molecule is COc1ccc(/C=C/O[B]O)cc1.COc1ccc(/C=C/c2ccc3c(c2)c2cc(Cl)cnc2n3S(=O)(=O)c2ccccc2)cc1.O=S(=O)(c1ccccc1)n1c2ccc(Br)cc2c2cc(Cl)cnc21. The van der Waals surface area contributed by atoms with Crippen molar-refractivity contribution in [2.45, 2.75) is 9.79 Å². The minimum absolute atomic E-state index is 0.198. The first-order valence-corrected chi connectivity index (χ1v) is 25.5. The second-order valence-corrected chi connectivity index (χ2v) is 20.4. The van der Waals surface area contributed by atoms with Crippen molar-refractivity contribution in [2.75, 3.05) is 14.2 Å². The lowest BCUT2D eigenvalue weighted by molar-refractivity contribution is 0.408. The molecule has 1 radical (unpaired) electrons. The standard InChI is InChI=1S/C26H19ClN2O3S.C17H10BrClN2O2S.C9H10BO3/c1-32-21-12-9-18(10-13-21)7-8-19-11-14-25-23(15-19)24-16-20(27)17-28-26(24)29(25)33(30,31)22-5-3-2-4-6-22;18-11-6-7-16-14(8-11)15-9-12(19)10-20-17(15)21(16)24(22,23)13-4-2-1-3-5-13;1-12-9-4-2-8(3-5-9)6-7-13-10-11/h2-17H,1H3;1-10H;2-7,11H,1H3/b8-7+;;7-6+. The fourth-order valence-corrected chi connectivity index (χ4v) is 11.1. The summed E-state index contributed by atoms with van der Waals surface area (Å²) in [5, 5.41) is 12.0. The maximum Gasteiger partial charge on any atom is 0.569 e. The van der Waals surface area contributed by atoms with E-state index in [4.69, 9.17) is 37.7 Å². The zero-order valence-electron chi connectivity index (χ0n) is 37.1. The molecule has 0 saturated heterocycles. The number of fused-ring (bicyclic) bond motifs is 6. The number of rotatable bonds is 11. The minimum Gasteiger partial charge on any atom is -0.543 e. The molecule has 1 N–H and O–H groups in total. The highest BCUT2D eigenvalue weighted by Crippen LogP contribution is 2.36. The summed E-state index contributed by atoms with van der Waals surface area (Å²) in [6, 6.07) is 46.4. The predicted molar refractivity (Wildman–Crippen MR) is 283 cm³/mol. The first kappa shape index (κ1) is 49.5. The summed E-state index contributed by atoms with van der Waals surface area (Å²) in [5.41, 5.74) is 4.73. The van der Waals surface area contributed by atoms with Crippen LogP contribution in [0.1, 0.15) is 16.7 Å². The van der Waals surface area contributed by atoms with Crippen molar-refractivity contribution in [1.82, 2.24) is 17.9 Å². The molecule has 18 heteroatoms. The van der Waals surface area contributed by atoms with Gasteiger partial charge in [-0.3, -0.25) is 0 Å². The Bertz CT molecular complexity index is 3710. The van der Waals surface area contributed by atoms with E-state index in [0.29, 0.717) is 50.8 Å². The minimum atomic E-state index is -3.86. The molecular formula is C52H39BBrCl2N4O8S2. The average Bonchev–Trinajstić information content (AvgIpc) is 3.89. The Labute approximate surface area is 423 Å². The van der Waals surface area contributed by atoms with Gasteiger partial charge < -0.3 is 19.2 Å². The van der Waals surface area contributed by atoms with E-state index in [1.807, 2.05) is 78.9 Å². The Kier molecular flexibility index (Phi) is 15.4. The zero-order valence-corrected chi connectivity index (χ0v) is 41.8. The summed E-state index contributed by atoms with van der Waals surface area (Å²) in [4.78, 5) is 9.06. The lowest BCUT2D eigenvalue weighted by Gasteiger charge is -2.08. The van der Waals surface area contributed by atoms with Gasteiger partial charge in [0, 0.05) is 38.4 Å². The number of aromatic nitrogens is 4. The fraction of sp³-hybridized carbons (Fsp3) is 0.0385. The molecule has 0 saturated carbocycles. The molecule has 12 nitrogen and oxygen atoms in total. The van der Waals surface area contributed by atoms with Crippen LogP contribution in [0.15, 0.2) is 191 Å². The second kappa shape index (κ2) is 21.8. The van der Waals surface area contributed by atoms with Crippen LogP contribution in [0.5, 0.6) is 11.5 Å². The van der Waals surface area contributed by atoms with Crippen molar-refractivity contribution in [2.24, 2.45) is 0 Å². The Morgan fingerprint density at radius 1 is 0.543 bits per heavy atom. The number of ether oxygens (including phenoxy) is 2. The molecule has 351 valence electrons. The molecule has 10 aromatic rings. The molecule has 0 aliphatic heterocycles. The Morgan fingerprint density at radius 3 is 1.44 bits per heavy atom. The van der Waals surface area contributed by atoms with Gasteiger partial charge in [-0.25, -0.2) is 34.7 Å². The van der Waals surface area contributed by atoms with E-state index in [1.165, 1.54) is 26.6 Å². The molecule has 4 aromatic heterocycles. The van der Waals surface area contributed by atoms with E-state index in [2.05, 4.69) is 30.6 Å². The maximum atomic E-state index is 13.5. The molecule has 6 aromatic carbocycles. The van der Waals surface area contributed by atoms with Crippen molar-refractivity contribution in [3.8, 4) is 11.5 Å². The maximum absolute atomic E-state index is 13.5. The van der Waals surface area contributed by atoms with Crippen LogP contribution in [0.3, 0.4) is 0 Å².